The number of carbonyl (C=O) groups excluding carboxylic acids is 1. The van der Waals surface area contributed by atoms with E-state index < -0.39 is 5.66 Å². The summed E-state index contributed by atoms with van der Waals surface area (Å²) >= 11 is 0. The molecule has 0 fully saturated rings. The van der Waals surface area contributed by atoms with Gasteiger partial charge in [0.15, 0.2) is 5.66 Å². The van der Waals surface area contributed by atoms with Gasteiger partial charge in [0.05, 0.1) is 5.69 Å². The van der Waals surface area contributed by atoms with Crippen LogP contribution < -0.4 is 5.32 Å². The fourth-order valence-corrected chi connectivity index (χ4v) is 2.72. The Kier molecular flexibility index (Phi) is 5.31. The van der Waals surface area contributed by atoms with Crippen molar-refractivity contribution in [3.05, 3.63) is 41.7 Å². The minimum atomic E-state index is -0.447. The lowest BCUT2D eigenvalue weighted by molar-refractivity contribution is 0.0941. The van der Waals surface area contributed by atoms with Crippen LogP contribution in [-0.2, 0) is 0 Å². The Labute approximate surface area is 157 Å². The molecule has 1 aromatic heterocycles. The maximum absolute atomic E-state index is 13.6. The largest absolute Gasteiger partial charge is 0.349 e. The van der Waals surface area contributed by atoms with Crippen molar-refractivity contribution in [1.82, 2.24) is 20.1 Å². The molecule has 140 valence electrons. The number of nitrogens with zero attached hydrogens (tertiary/aromatic N) is 5. The average Bonchev–Trinajstić information content (AvgIpc) is 3.25. The van der Waals surface area contributed by atoms with Crippen molar-refractivity contribution >= 4 is 5.91 Å². The van der Waals surface area contributed by atoms with Crippen LogP contribution in [0.25, 0.3) is 5.69 Å². The number of hydrogen-bond acceptors (Lipinski definition) is 5. The normalized spacial score (nSPS) is 14.2. The van der Waals surface area contributed by atoms with Gasteiger partial charge in [0.1, 0.15) is 11.6 Å². The number of halogens is 1. The van der Waals surface area contributed by atoms with Crippen LogP contribution in [0.1, 0.15) is 55.5 Å². The molecule has 1 aliphatic heterocycles. The second kappa shape index (κ2) is 7.66. The molecular formula is C19H21FN6O. The van der Waals surface area contributed by atoms with Crippen molar-refractivity contribution in [1.29, 1.82) is 0 Å². The number of hydrogen-bond donors (Lipinski definition) is 1. The van der Waals surface area contributed by atoms with Gasteiger partial charge in [-0.25, -0.2) is 14.1 Å². The van der Waals surface area contributed by atoms with Crippen LogP contribution in [0.3, 0.4) is 0 Å². The van der Waals surface area contributed by atoms with Crippen LogP contribution in [0.2, 0.25) is 0 Å². The van der Waals surface area contributed by atoms with E-state index in [4.69, 9.17) is 6.42 Å². The Morgan fingerprint density at radius 1 is 1.37 bits per heavy atom. The number of rotatable bonds is 8. The van der Waals surface area contributed by atoms with E-state index in [1.54, 1.807) is 12.1 Å². The van der Waals surface area contributed by atoms with E-state index in [9.17, 15) is 9.18 Å². The maximum atomic E-state index is 13.6. The van der Waals surface area contributed by atoms with E-state index in [-0.39, 0.29) is 23.5 Å². The smallest absolute Gasteiger partial charge is 0.290 e. The third kappa shape index (κ3) is 4.37. The Hall–Kier alpha value is -3.08. The molecule has 27 heavy (non-hydrogen) atoms. The van der Waals surface area contributed by atoms with Gasteiger partial charge < -0.3 is 5.32 Å². The van der Waals surface area contributed by atoms with E-state index in [1.807, 2.05) is 13.8 Å². The molecule has 0 saturated carbocycles. The molecule has 0 radical (unpaired) electrons. The van der Waals surface area contributed by atoms with Gasteiger partial charge in [-0.15, -0.1) is 17.4 Å². The van der Waals surface area contributed by atoms with Gasteiger partial charge in [0, 0.05) is 31.7 Å². The Balaban J connectivity index is 1.68. The SMILES string of the molecule is C#CCCC1(CCNC(=O)c2nc(C(C)C)n(-c3cccc(F)c3)n2)N=N1. The Morgan fingerprint density at radius 3 is 2.78 bits per heavy atom. The molecule has 0 unspecified atom stereocenters. The van der Waals surface area contributed by atoms with Crippen molar-refractivity contribution in [2.45, 2.75) is 44.7 Å². The molecule has 8 heteroatoms. The monoisotopic (exact) mass is 368 g/mol. The van der Waals surface area contributed by atoms with Gasteiger partial charge in [0.25, 0.3) is 5.91 Å². The quantitative estimate of drug-likeness (QED) is 0.726. The zero-order valence-electron chi connectivity index (χ0n) is 15.3. The van der Waals surface area contributed by atoms with Gasteiger partial charge in [-0.05, 0) is 18.2 Å². The third-order valence-corrected chi connectivity index (χ3v) is 4.27. The standard InChI is InChI=1S/C19H21FN6O/c1-4-5-9-19(24-25-19)10-11-21-18(27)16-22-17(13(2)3)26(23-16)15-8-6-7-14(20)12-15/h1,6-8,12-13H,5,9-11H2,2-3H3,(H,21,27). The topological polar surface area (TPSA) is 84.5 Å². The molecule has 0 spiro atoms. The predicted molar refractivity (Wildman–Crippen MR) is 98.0 cm³/mol. The molecule has 0 saturated heterocycles. The number of nitrogens with one attached hydrogen (secondary N) is 1. The van der Waals surface area contributed by atoms with Crippen molar-refractivity contribution in [3.8, 4) is 18.0 Å². The molecule has 2 aromatic rings. The number of benzene rings is 1. The summed E-state index contributed by atoms with van der Waals surface area (Å²) in [6.07, 6.45) is 7.13. The van der Waals surface area contributed by atoms with E-state index in [1.165, 1.54) is 16.8 Å². The summed E-state index contributed by atoms with van der Waals surface area (Å²) in [5, 5.41) is 15.1. The highest BCUT2D eigenvalue weighted by Gasteiger charge is 2.38. The number of aromatic nitrogens is 3. The zero-order valence-corrected chi connectivity index (χ0v) is 15.3. The van der Waals surface area contributed by atoms with E-state index in [0.717, 1.165) is 0 Å². The third-order valence-electron chi connectivity index (χ3n) is 4.27. The molecule has 7 nitrogen and oxygen atoms in total. The molecule has 2 heterocycles. The molecule has 1 aromatic carbocycles. The summed E-state index contributed by atoms with van der Waals surface area (Å²) in [5.74, 6) is 2.45. The highest BCUT2D eigenvalue weighted by Crippen LogP contribution is 2.36. The number of amides is 1. The van der Waals surface area contributed by atoms with Crippen LogP contribution in [-0.4, -0.2) is 32.9 Å². The van der Waals surface area contributed by atoms with Crippen molar-refractivity contribution in [2.24, 2.45) is 10.2 Å². The first-order chi connectivity index (χ1) is 12.9. The zero-order chi connectivity index (χ0) is 19.4. The van der Waals surface area contributed by atoms with Crippen LogP contribution >= 0.6 is 0 Å². The van der Waals surface area contributed by atoms with Crippen LogP contribution in [0, 0.1) is 18.2 Å². The van der Waals surface area contributed by atoms with Crippen LogP contribution in [0.5, 0.6) is 0 Å². The van der Waals surface area contributed by atoms with Crippen molar-refractivity contribution < 1.29 is 9.18 Å². The Bertz CT molecular complexity index is 905. The van der Waals surface area contributed by atoms with Gasteiger partial charge in [-0.1, -0.05) is 19.9 Å². The number of carbonyl (C=O) groups is 1. The molecule has 3 rings (SSSR count). The van der Waals surface area contributed by atoms with E-state index in [0.29, 0.717) is 37.3 Å². The van der Waals surface area contributed by atoms with Crippen LogP contribution in [0.4, 0.5) is 4.39 Å². The van der Waals surface area contributed by atoms with Gasteiger partial charge in [-0.3, -0.25) is 4.79 Å². The second-order valence-electron chi connectivity index (χ2n) is 6.73. The highest BCUT2D eigenvalue weighted by molar-refractivity contribution is 5.90. The van der Waals surface area contributed by atoms with Crippen molar-refractivity contribution in [3.63, 3.8) is 0 Å². The molecule has 1 amide bonds. The first-order valence-corrected chi connectivity index (χ1v) is 8.83. The summed E-state index contributed by atoms with van der Waals surface area (Å²) < 4.78 is 15.1. The fourth-order valence-electron chi connectivity index (χ4n) is 2.72. The maximum Gasteiger partial charge on any atom is 0.290 e. The first-order valence-electron chi connectivity index (χ1n) is 8.83. The molecule has 0 atom stereocenters. The lowest BCUT2D eigenvalue weighted by atomic mass is 10.0. The summed E-state index contributed by atoms with van der Waals surface area (Å²) in [4.78, 5) is 16.8. The minimum absolute atomic E-state index is 0.0124. The molecule has 0 bridgehead atoms. The average molecular weight is 368 g/mol. The Morgan fingerprint density at radius 2 is 2.15 bits per heavy atom. The number of terminal acetylenes is 1. The van der Waals surface area contributed by atoms with Gasteiger partial charge in [0.2, 0.25) is 5.82 Å². The van der Waals surface area contributed by atoms with Gasteiger partial charge >= 0.3 is 0 Å². The van der Waals surface area contributed by atoms with E-state index >= 15 is 0 Å². The summed E-state index contributed by atoms with van der Waals surface area (Å²) in [6, 6.07) is 6.02. The molecule has 1 N–H and O–H groups in total. The van der Waals surface area contributed by atoms with Gasteiger partial charge in [-0.2, -0.15) is 10.2 Å². The molecule has 1 aliphatic rings. The summed E-state index contributed by atoms with van der Waals surface area (Å²) in [7, 11) is 0. The molecule has 0 aliphatic carbocycles. The summed E-state index contributed by atoms with van der Waals surface area (Å²) in [6.45, 7) is 4.27. The van der Waals surface area contributed by atoms with Crippen LogP contribution in [0.15, 0.2) is 34.5 Å². The second-order valence-corrected chi connectivity index (χ2v) is 6.73. The minimum Gasteiger partial charge on any atom is -0.349 e. The fraction of sp³-hybridized carbons (Fsp3) is 0.421. The molecular weight excluding hydrogens is 347 g/mol. The lowest BCUT2D eigenvalue weighted by Crippen LogP contribution is -2.29. The summed E-state index contributed by atoms with van der Waals surface area (Å²) in [5.41, 5.74) is 0.0750. The predicted octanol–water partition coefficient (Wildman–Crippen LogP) is 3.23. The lowest BCUT2D eigenvalue weighted by Gasteiger charge is -2.08. The first kappa shape index (κ1) is 18.7. The van der Waals surface area contributed by atoms with Crippen molar-refractivity contribution in [2.75, 3.05) is 6.54 Å². The van der Waals surface area contributed by atoms with E-state index in [2.05, 4.69) is 31.5 Å². The highest BCUT2D eigenvalue weighted by atomic mass is 19.1.